The number of ketones is 1. The number of halogens is 1. The van der Waals surface area contributed by atoms with Gasteiger partial charge in [0.25, 0.3) is 22.3 Å². The van der Waals surface area contributed by atoms with E-state index in [1.165, 1.54) is 0 Å². The topological polar surface area (TPSA) is 245 Å². The summed E-state index contributed by atoms with van der Waals surface area (Å²) < 4.78 is 21.4. The number of hydrogen-bond donors (Lipinski definition) is 6. The van der Waals surface area contributed by atoms with Gasteiger partial charge in [0.15, 0.2) is 12.4 Å². The summed E-state index contributed by atoms with van der Waals surface area (Å²) >= 11 is 1.73. The van der Waals surface area contributed by atoms with Crippen LogP contribution in [0.5, 0.6) is 23.0 Å². The molecule has 19 heteroatoms. The number of nitrogens with zero attached hydrogens (tertiary/aromatic N) is 1. The Morgan fingerprint density at radius 2 is 1.08 bits per heavy atom. The minimum absolute atomic E-state index is 0. The number of ether oxygens (including phenoxy) is 4. The van der Waals surface area contributed by atoms with Crippen molar-refractivity contribution in [3.05, 3.63) is 129 Å². The Kier molecular flexibility index (Phi) is 21.6. The zero-order chi connectivity index (χ0) is 42.5. The number of amides is 4. The number of rotatable bonds is 12. The summed E-state index contributed by atoms with van der Waals surface area (Å²) in [5.41, 5.74) is 3.08. The van der Waals surface area contributed by atoms with Crippen molar-refractivity contribution in [2.45, 2.75) is 6.92 Å². The average Bonchev–Trinajstić information content (AvgIpc) is 3.75. The van der Waals surface area contributed by atoms with Crippen LogP contribution in [0.1, 0.15) is 34.0 Å². The zero-order valence-electron chi connectivity index (χ0n) is 31.8. The lowest BCUT2D eigenvalue weighted by atomic mass is 10.1. The second kappa shape index (κ2) is 26.0. The number of oxime groups is 1. The SMILES string of the molecule is CCO.COc1cccc(C(=O)COc2ccc(/C=C3\SC(=O)NC3=O)cc2)c1.COc1cccc(C(COc2ccc(/C=C3\SC(=O)NC3=O)cc2)=NO)c1.Cl.NO. The highest BCUT2D eigenvalue weighted by Gasteiger charge is 2.25. The van der Waals surface area contributed by atoms with Gasteiger partial charge in [0.05, 0.1) is 24.0 Å². The van der Waals surface area contributed by atoms with Gasteiger partial charge in [-0.3, -0.25) is 34.6 Å². The Hall–Kier alpha value is -6.15. The fourth-order valence-corrected chi connectivity index (χ4v) is 5.98. The van der Waals surface area contributed by atoms with Crippen molar-refractivity contribution in [1.29, 1.82) is 0 Å². The summed E-state index contributed by atoms with van der Waals surface area (Å²) in [6.07, 6.45) is 3.25. The number of hydrogen-bond acceptors (Lipinski definition) is 16. The molecule has 0 saturated carbocycles. The third kappa shape index (κ3) is 16.0. The molecule has 4 aromatic rings. The largest absolute Gasteiger partial charge is 0.497 e. The van der Waals surface area contributed by atoms with E-state index < -0.39 is 11.8 Å². The number of benzene rings is 4. The van der Waals surface area contributed by atoms with Crippen molar-refractivity contribution < 1.29 is 58.4 Å². The van der Waals surface area contributed by atoms with Crippen molar-refractivity contribution in [1.82, 2.24) is 10.6 Å². The minimum atomic E-state index is -0.399. The van der Waals surface area contributed by atoms with E-state index in [0.717, 1.165) is 34.7 Å². The number of aliphatic hydroxyl groups excluding tert-OH is 1. The number of imide groups is 2. The summed E-state index contributed by atoms with van der Waals surface area (Å²) in [5.74, 6) is 4.91. The summed E-state index contributed by atoms with van der Waals surface area (Å²) in [7, 11) is 3.10. The molecule has 0 bridgehead atoms. The van der Waals surface area contributed by atoms with Crippen molar-refractivity contribution in [2.24, 2.45) is 11.1 Å². The molecule has 2 aliphatic heterocycles. The smallest absolute Gasteiger partial charge is 0.290 e. The third-order valence-corrected chi connectivity index (χ3v) is 8.92. The van der Waals surface area contributed by atoms with Gasteiger partial charge in [-0.1, -0.05) is 53.7 Å². The molecule has 0 aliphatic carbocycles. The number of Topliss-reactive ketones (excluding diaryl/α,β-unsaturated/α-hetero) is 1. The Morgan fingerprint density at radius 3 is 1.47 bits per heavy atom. The molecule has 0 radical (unpaired) electrons. The van der Waals surface area contributed by atoms with Crippen molar-refractivity contribution in [3.63, 3.8) is 0 Å². The normalized spacial score (nSPS) is 14.2. The van der Waals surface area contributed by atoms with Gasteiger partial charge in [-0.2, -0.15) is 0 Å². The summed E-state index contributed by atoms with van der Waals surface area (Å²) in [4.78, 5) is 58.3. The van der Waals surface area contributed by atoms with E-state index in [1.54, 1.807) is 130 Å². The maximum Gasteiger partial charge on any atom is 0.290 e. The first-order chi connectivity index (χ1) is 28.0. The number of thioether (sulfide) groups is 2. The van der Waals surface area contributed by atoms with Gasteiger partial charge in [0, 0.05) is 17.7 Å². The summed E-state index contributed by atoms with van der Waals surface area (Å²) in [6, 6.07) is 27.9. The number of carbonyl (C=O) groups is 5. The highest BCUT2D eigenvalue weighted by molar-refractivity contribution is 8.18. The van der Waals surface area contributed by atoms with Gasteiger partial charge >= 0.3 is 0 Å². The van der Waals surface area contributed by atoms with Gasteiger partial charge in [-0.15, -0.1) is 12.4 Å². The van der Waals surface area contributed by atoms with Gasteiger partial charge in [0.1, 0.15) is 35.3 Å². The fraction of sp³-hybridized carbons (Fsp3) is 0.150. The van der Waals surface area contributed by atoms with Crippen LogP contribution >= 0.6 is 35.9 Å². The molecule has 0 unspecified atom stereocenters. The van der Waals surface area contributed by atoms with Crippen LogP contribution in [0.2, 0.25) is 0 Å². The van der Waals surface area contributed by atoms with E-state index in [1.807, 2.05) is 0 Å². The molecule has 0 atom stereocenters. The molecular weight excluding hydrogens is 828 g/mol. The Labute approximate surface area is 353 Å². The molecule has 16 nitrogen and oxygen atoms in total. The first-order valence-electron chi connectivity index (χ1n) is 16.9. The number of methoxy groups -OCH3 is 2. The quantitative estimate of drug-likeness (QED) is 0.0300. The molecule has 7 N–H and O–H groups in total. The predicted octanol–water partition coefficient (Wildman–Crippen LogP) is 6.31. The highest BCUT2D eigenvalue weighted by Crippen LogP contribution is 2.27. The zero-order valence-corrected chi connectivity index (χ0v) is 34.2. The molecule has 0 aromatic heterocycles. The van der Waals surface area contributed by atoms with Gasteiger partial charge in [-0.25, -0.2) is 5.90 Å². The van der Waals surface area contributed by atoms with Crippen molar-refractivity contribution in [2.75, 3.05) is 34.0 Å². The van der Waals surface area contributed by atoms with E-state index in [-0.39, 0.29) is 48.5 Å². The van der Waals surface area contributed by atoms with Crippen molar-refractivity contribution >= 4 is 81.9 Å². The van der Waals surface area contributed by atoms with E-state index in [2.05, 4.69) is 21.7 Å². The second-order valence-corrected chi connectivity index (χ2v) is 13.2. The lowest BCUT2D eigenvalue weighted by Crippen LogP contribution is -2.17. The summed E-state index contributed by atoms with van der Waals surface area (Å²) in [6.45, 7) is 1.90. The summed E-state index contributed by atoms with van der Waals surface area (Å²) in [5, 5.41) is 30.3. The molecule has 59 heavy (non-hydrogen) atoms. The molecular formula is C40H41ClN4O12S2. The number of carbonyl (C=O) groups excluding carboxylic acids is 5. The fourth-order valence-electron chi connectivity index (χ4n) is 4.62. The highest BCUT2D eigenvalue weighted by atomic mass is 35.5. The maximum atomic E-state index is 12.2. The minimum Gasteiger partial charge on any atom is -0.497 e. The van der Waals surface area contributed by atoms with Crippen LogP contribution in [0.25, 0.3) is 12.2 Å². The van der Waals surface area contributed by atoms with Crippen LogP contribution in [0.4, 0.5) is 9.59 Å². The first-order valence-corrected chi connectivity index (χ1v) is 18.5. The average molecular weight is 869 g/mol. The lowest BCUT2D eigenvalue weighted by molar-refractivity contribution is -0.116. The lowest BCUT2D eigenvalue weighted by Gasteiger charge is -2.09. The van der Waals surface area contributed by atoms with E-state index in [4.69, 9.17) is 29.3 Å². The van der Waals surface area contributed by atoms with Crippen LogP contribution in [-0.4, -0.2) is 83.3 Å². The molecule has 0 spiro atoms. The molecule has 2 fully saturated rings. The van der Waals surface area contributed by atoms with E-state index >= 15 is 0 Å². The van der Waals surface area contributed by atoms with Gasteiger partial charge in [-0.05, 0) is 102 Å². The van der Waals surface area contributed by atoms with E-state index in [0.29, 0.717) is 49.6 Å². The van der Waals surface area contributed by atoms with Crippen LogP contribution in [0.3, 0.4) is 0 Å². The Bertz CT molecular complexity index is 2150. The molecule has 2 heterocycles. The molecule has 4 aromatic carbocycles. The first kappa shape index (κ1) is 49.0. The maximum absolute atomic E-state index is 12.2. The van der Waals surface area contributed by atoms with Gasteiger partial charge in [0.2, 0.25) is 0 Å². The third-order valence-electron chi connectivity index (χ3n) is 7.30. The van der Waals surface area contributed by atoms with Crippen LogP contribution in [-0.2, 0) is 9.59 Å². The number of aliphatic hydroxyl groups is 1. The second-order valence-electron chi connectivity index (χ2n) is 11.2. The van der Waals surface area contributed by atoms with E-state index in [9.17, 15) is 29.2 Å². The number of nitrogens with two attached hydrogens (primary N) is 1. The Balaban J connectivity index is 0.000000362. The molecule has 2 saturated heterocycles. The molecule has 312 valence electrons. The Morgan fingerprint density at radius 1 is 0.678 bits per heavy atom. The molecule has 6 rings (SSSR count). The van der Waals surface area contributed by atoms with Crippen LogP contribution < -0.4 is 35.5 Å². The number of nitrogens with one attached hydrogen (secondary N) is 2. The standard InChI is InChI=1S/C19H16N2O5S.C19H15NO5S.C2H6O.ClH.H3NO/c1-25-15-4-2-3-13(10-15)16(21-24)11-26-14-7-5-12(6-8-14)9-17-18(22)20-19(23)27-17;1-24-15-4-2-3-13(10-15)16(21)11-25-14-7-5-12(6-8-14)9-17-18(22)20-19(23)26-17;1-2-3;;1-2/h2-10,24H,11H2,1H3,(H,20,22,23);2-10H,11H2,1H3,(H,20,22,23);3H,2H2,1H3;1H;2H,1H2/b17-9-,21-16?;17-9-;;;. The predicted molar refractivity (Wildman–Crippen MR) is 227 cm³/mol. The van der Waals surface area contributed by atoms with Gasteiger partial charge < -0.3 is 34.5 Å². The van der Waals surface area contributed by atoms with Crippen LogP contribution in [0.15, 0.2) is 112 Å². The van der Waals surface area contributed by atoms with Crippen molar-refractivity contribution in [3.8, 4) is 23.0 Å². The monoisotopic (exact) mass is 868 g/mol. The molecule has 2 aliphatic rings. The van der Waals surface area contributed by atoms with Crippen LogP contribution in [0, 0.1) is 0 Å². The molecule has 4 amide bonds.